The third kappa shape index (κ3) is 2.81. The topological polar surface area (TPSA) is 62.2 Å². The number of hydrogen-bond acceptors (Lipinski definition) is 3. The van der Waals surface area contributed by atoms with E-state index in [2.05, 4.69) is 10.3 Å². The number of nitrogens with zero attached hydrogens (tertiary/aromatic N) is 1. The Morgan fingerprint density at radius 2 is 2.36 bits per heavy atom. The van der Waals surface area contributed by atoms with Crippen LogP contribution in [-0.4, -0.2) is 28.6 Å². The molecule has 1 aromatic heterocycles. The lowest BCUT2D eigenvalue weighted by molar-refractivity contribution is 0.0917. The zero-order valence-corrected chi connectivity index (χ0v) is 8.32. The number of aryl methyl sites for hydroxylation is 1. The van der Waals surface area contributed by atoms with Crippen molar-refractivity contribution in [1.82, 2.24) is 10.3 Å². The first-order valence-electron chi connectivity index (χ1n) is 4.49. The van der Waals surface area contributed by atoms with E-state index in [-0.39, 0.29) is 18.6 Å². The highest BCUT2D eigenvalue weighted by Crippen LogP contribution is 1.98. The molecule has 1 heterocycles. The first kappa shape index (κ1) is 10.7. The quantitative estimate of drug-likeness (QED) is 0.736. The fraction of sp³-hybridized carbons (Fsp3) is 0.400. The van der Waals surface area contributed by atoms with E-state index in [9.17, 15) is 4.79 Å². The number of pyridine rings is 1. The van der Waals surface area contributed by atoms with Gasteiger partial charge in [-0.15, -0.1) is 0 Å². The van der Waals surface area contributed by atoms with Crippen molar-refractivity contribution in [3.8, 4) is 0 Å². The fourth-order valence-corrected chi connectivity index (χ4v) is 1.01. The molecular formula is C10H14N2O2. The molecule has 2 N–H and O–H groups in total. The largest absolute Gasteiger partial charge is 0.394 e. The molecule has 0 spiro atoms. The number of nitrogens with one attached hydrogen (secondary N) is 1. The molecule has 0 bridgehead atoms. The van der Waals surface area contributed by atoms with E-state index in [0.717, 1.165) is 5.69 Å². The fourth-order valence-electron chi connectivity index (χ4n) is 1.01. The molecule has 4 heteroatoms. The van der Waals surface area contributed by atoms with Crippen LogP contribution in [0.3, 0.4) is 0 Å². The molecule has 0 radical (unpaired) electrons. The average molecular weight is 194 g/mol. The predicted octanol–water partition coefficient (Wildman–Crippen LogP) is 0.501. The highest BCUT2D eigenvalue weighted by molar-refractivity contribution is 5.92. The van der Waals surface area contributed by atoms with Gasteiger partial charge in [0.2, 0.25) is 0 Å². The number of aliphatic hydroxyl groups excluding tert-OH is 1. The summed E-state index contributed by atoms with van der Waals surface area (Å²) in [5, 5.41) is 11.4. The van der Waals surface area contributed by atoms with Crippen molar-refractivity contribution in [2.45, 2.75) is 19.9 Å². The van der Waals surface area contributed by atoms with E-state index >= 15 is 0 Å². The van der Waals surface area contributed by atoms with Gasteiger partial charge in [0.25, 0.3) is 5.91 Å². The van der Waals surface area contributed by atoms with Crippen LogP contribution in [0.1, 0.15) is 23.1 Å². The summed E-state index contributed by atoms with van der Waals surface area (Å²) in [5.41, 5.74) is 1.18. The number of hydrogen-bond donors (Lipinski definition) is 2. The molecule has 4 nitrogen and oxygen atoms in total. The molecule has 0 aliphatic carbocycles. The first-order valence-corrected chi connectivity index (χ1v) is 4.49. The summed E-state index contributed by atoms with van der Waals surface area (Å²) >= 11 is 0. The zero-order valence-electron chi connectivity index (χ0n) is 8.32. The Bertz CT molecular complexity index is 326. The van der Waals surface area contributed by atoms with Crippen molar-refractivity contribution in [1.29, 1.82) is 0 Å². The summed E-state index contributed by atoms with van der Waals surface area (Å²) in [7, 11) is 0. The van der Waals surface area contributed by atoms with Crippen molar-refractivity contribution in [3.05, 3.63) is 29.6 Å². The molecule has 0 aromatic carbocycles. The van der Waals surface area contributed by atoms with Gasteiger partial charge in [-0.3, -0.25) is 4.79 Å². The van der Waals surface area contributed by atoms with Gasteiger partial charge >= 0.3 is 0 Å². The summed E-state index contributed by atoms with van der Waals surface area (Å²) in [6.45, 7) is 3.48. The molecule has 1 aromatic rings. The monoisotopic (exact) mass is 194 g/mol. The molecule has 0 fully saturated rings. The smallest absolute Gasteiger partial charge is 0.270 e. The predicted molar refractivity (Wildman–Crippen MR) is 53.0 cm³/mol. The Labute approximate surface area is 83.0 Å². The molecule has 76 valence electrons. The molecule has 1 rings (SSSR count). The zero-order chi connectivity index (χ0) is 10.6. The number of aromatic nitrogens is 1. The summed E-state index contributed by atoms with van der Waals surface area (Å²) in [5.74, 6) is -0.254. The first-order chi connectivity index (χ1) is 6.63. The van der Waals surface area contributed by atoms with Crippen LogP contribution < -0.4 is 5.32 Å². The third-order valence-corrected chi connectivity index (χ3v) is 1.77. The lowest BCUT2D eigenvalue weighted by atomic mass is 10.3. The maximum absolute atomic E-state index is 11.5. The van der Waals surface area contributed by atoms with Gasteiger partial charge in [0, 0.05) is 11.7 Å². The summed E-state index contributed by atoms with van der Waals surface area (Å²) < 4.78 is 0. The van der Waals surface area contributed by atoms with Gasteiger partial charge in [-0.25, -0.2) is 4.98 Å². The SMILES string of the molecule is Cc1cccc(C(=O)N[C@H](C)CO)n1. The van der Waals surface area contributed by atoms with Gasteiger partial charge in [0.15, 0.2) is 0 Å². The van der Waals surface area contributed by atoms with Crippen LogP contribution in [0.2, 0.25) is 0 Å². The van der Waals surface area contributed by atoms with Gasteiger partial charge in [-0.2, -0.15) is 0 Å². The molecule has 1 atom stereocenters. The van der Waals surface area contributed by atoms with E-state index in [1.54, 1.807) is 19.1 Å². The normalized spacial score (nSPS) is 12.2. The molecule has 0 aliphatic heterocycles. The summed E-state index contributed by atoms with van der Waals surface area (Å²) in [4.78, 5) is 15.5. The standard InChI is InChI=1S/C10H14N2O2/c1-7-4-3-5-9(11-7)10(14)12-8(2)6-13/h3-5,8,13H,6H2,1-2H3,(H,12,14)/t8-/m1/s1. The minimum atomic E-state index is -0.254. The second kappa shape index (κ2) is 4.72. The number of aliphatic hydroxyl groups is 1. The Balaban J connectivity index is 2.70. The second-order valence-corrected chi connectivity index (χ2v) is 3.22. The molecule has 0 unspecified atom stereocenters. The van der Waals surface area contributed by atoms with E-state index in [1.807, 2.05) is 13.0 Å². The minimum Gasteiger partial charge on any atom is -0.394 e. The van der Waals surface area contributed by atoms with Crippen molar-refractivity contribution < 1.29 is 9.90 Å². The minimum absolute atomic E-state index is 0.0719. The summed E-state index contributed by atoms with van der Waals surface area (Å²) in [6.07, 6.45) is 0. The average Bonchev–Trinajstić information content (AvgIpc) is 2.17. The van der Waals surface area contributed by atoms with Gasteiger partial charge in [-0.05, 0) is 26.0 Å². The van der Waals surface area contributed by atoms with Crippen LogP contribution in [0.5, 0.6) is 0 Å². The number of amides is 1. The molecule has 14 heavy (non-hydrogen) atoms. The van der Waals surface area contributed by atoms with Crippen molar-refractivity contribution in [2.75, 3.05) is 6.61 Å². The highest BCUT2D eigenvalue weighted by Gasteiger charge is 2.09. The lowest BCUT2D eigenvalue weighted by Crippen LogP contribution is -2.35. The van der Waals surface area contributed by atoms with Gasteiger partial charge in [-0.1, -0.05) is 6.07 Å². The number of carbonyl (C=O) groups is 1. The Morgan fingerprint density at radius 1 is 1.64 bits per heavy atom. The van der Waals surface area contributed by atoms with E-state index in [1.165, 1.54) is 0 Å². The van der Waals surface area contributed by atoms with E-state index in [0.29, 0.717) is 5.69 Å². The maximum Gasteiger partial charge on any atom is 0.270 e. The maximum atomic E-state index is 11.5. The Morgan fingerprint density at radius 3 is 2.93 bits per heavy atom. The molecule has 0 saturated heterocycles. The van der Waals surface area contributed by atoms with Crippen LogP contribution in [0.4, 0.5) is 0 Å². The van der Waals surface area contributed by atoms with Gasteiger partial charge < -0.3 is 10.4 Å². The molecule has 0 aliphatic rings. The van der Waals surface area contributed by atoms with E-state index < -0.39 is 0 Å². The highest BCUT2D eigenvalue weighted by atomic mass is 16.3. The molecule has 0 saturated carbocycles. The van der Waals surface area contributed by atoms with Crippen molar-refractivity contribution >= 4 is 5.91 Å². The van der Waals surface area contributed by atoms with Gasteiger partial charge in [0.1, 0.15) is 5.69 Å². The summed E-state index contributed by atoms with van der Waals surface area (Å²) in [6, 6.07) is 5.00. The Kier molecular flexibility index (Phi) is 3.59. The number of carbonyl (C=O) groups excluding carboxylic acids is 1. The lowest BCUT2D eigenvalue weighted by Gasteiger charge is -2.10. The van der Waals surface area contributed by atoms with E-state index in [4.69, 9.17) is 5.11 Å². The van der Waals surface area contributed by atoms with Crippen molar-refractivity contribution in [2.24, 2.45) is 0 Å². The second-order valence-electron chi connectivity index (χ2n) is 3.22. The van der Waals surface area contributed by atoms with Gasteiger partial charge in [0.05, 0.1) is 6.61 Å². The van der Waals surface area contributed by atoms with Crippen LogP contribution in [0.25, 0.3) is 0 Å². The van der Waals surface area contributed by atoms with Crippen LogP contribution in [-0.2, 0) is 0 Å². The molecule has 1 amide bonds. The Hall–Kier alpha value is -1.42. The van der Waals surface area contributed by atoms with Crippen LogP contribution in [0.15, 0.2) is 18.2 Å². The van der Waals surface area contributed by atoms with Crippen LogP contribution in [0, 0.1) is 6.92 Å². The molecular weight excluding hydrogens is 180 g/mol. The van der Waals surface area contributed by atoms with Crippen LogP contribution >= 0.6 is 0 Å². The number of rotatable bonds is 3. The van der Waals surface area contributed by atoms with Crippen molar-refractivity contribution in [3.63, 3.8) is 0 Å². The third-order valence-electron chi connectivity index (χ3n) is 1.77.